The van der Waals surface area contributed by atoms with E-state index in [0.717, 1.165) is 8.66 Å². The lowest BCUT2D eigenvalue weighted by Gasteiger charge is -2.27. The van der Waals surface area contributed by atoms with Crippen LogP contribution in [0.25, 0.3) is 0 Å². The van der Waals surface area contributed by atoms with Crippen LogP contribution in [0.15, 0.2) is 27.2 Å². The van der Waals surface area contributed by atoms with Crippen molar-refractivity contribution in [2.24, 2.45) is 0 Å². The standard InChI is InChI=1S/C13H15BrN2O3S/c1-6(2)19-12(17)10-7(3)15-13(18)16-11(10)8-4-5-9(14)20-8/h4-6,11H,1-3H3,(H2,15,16,18)/t11-/m1/s1. The lowest BCUT2D eigenvalue weighted by Crippen LogP contribution is -2.45. The molecular formula is C13H15BrN2O3S. The lowest BCUT2D eigenvalue weighted by atomic mass is 10.0. The summed E-state index contributed by atoms with van der Waals surface area (Å²) >= 11 is 4.85. The van der Waals surface area contributed by atoms with Crippen LogP contribution < -0.4 is 10.6 Å². The summed E-state index contributed by atoms with van der Waals surface area (Å²) < 4.78 is 6.20. The topological polar surface area (TPSA) is 67.4 Å². The minimum atomic E-state index is -0.480. The molecule has 0 aromatic carbocycles. The SMILES string of the molecule is CC1=C(C(=O)OC(C)C)[C@@H](c2ccc(Br)s2)NC(=O)N1. The van der Waals surface area contributed by atoms with Gasteiger partial charge >= 0.3 is 12.0 Å². The van der Waals surface area contributed by atoms with Gasteiger partial charge in [0.15, 0.2) is 0 Å². The van der Waals surface area contributed by atoms with Gasteiger partial charge in [0.05, 0.1) is 21.5 Å². The summed E-state index contributed by atoms with van der Waals surface area (Å²) in [4.78, 5) is 24.8. The number of halogens is 1. The Morgan fingerprint density at radius 1 is 1.45 bits per heavy atom. The molecule has 1 aliphatic rings. The Bertz CT molecular complexity index is 580. The Morgan fingerprint density at radius 3 is 2.70 bits per heavy atom. The number of hydrogen-bond donors (Lipinski definition) is 2. The fraction of sp³-hybridized carbons (Fsp3) is 0.385. The van der Waals surface area contributed by atoms with Crippen LogP contribution in [-0.4, -0.2) is 18.1 Å². The summed E-state index contributed by atoms with van der Waals surface area (Å²) in [7, 11) is 0. The minimum Gasteiger partial charge on any atom is -0.459 e. The highest BCUT2D eigenvalue weighted by Gasteiger charge is 2.33. The number of hydrogen-bond acceptors (Lipinski definition) is 4. The van der Waals surface area contributed by atoms with Crippen molar-refractivity contribution in [1.29, 1.82) is 0 Å². The molecule has 2 N–H and O–H groups in total. The molecule has 0 bridgehead atoms. The molecule has 0 saturated heterocycles. The van der Waals surface area contributed by atoms with E-state index >= 15 is 0 Å². The highest BCUT2D eigenvalue weighted by molar-refractivity contribution is 9.11. The van der Waals surface area contributed by atoms with Crippen molar-refractivity contribution >= 4 is 39.3 Å². The Morgan fingerprint density at radius 2 is 2.15 bits per heavy atom. The second kappa shape index (κ2) is 5.97. The van der Waals surface area contributed by atoms with Gasteiger partial charge in [-0.2, -0.15) is 0 Å². The van der Waals surface area contributed by atoms with E-state index in [1.54, 1.807) is 20.8 Å². The highest BCUT2D eigenvalue weighted by Crippen LogP contribution is 2.34. The number of amides is 2. The third-order valence-corrected chi connectivity index (χ3v) is 4.40. The lowest BCUT2D eigenvalue weighted by molar-refractivity contribution is -0.143. The van der Waals surface area contributed by atoms with E-state index in [9.17, 15) is 9.59 Å². The van der Waals surface area contributed by atoms with Gasteiger partial charge in [0.2, 0.25) is 0 Å². The molecule has 0 radical (unpaired) electrons. The van der Waals surface area contributed by atoms with Crippen LogP contribution in [0.2, 0.25) is 0 Å². The molecule has 2 rings (SSSR count). The maximum absolute atomic E-state index is 12.2. The first kappa shape index (κ1) is 15.1. The van der Waals surface area contributed by atoms with Gasteiger partial charge in [0, 0.05) is 10.6 Å². The number of carbonyl (C=O) groups is 2. The van der Waals surface area contributed by atoms with Gasteiger partial charge in [-0.15, -0.1) is 11.3 Å². The zero-order valence-electron chi connectivity index (χ0n) is 11.3. The molecule has 0 fully saturated rings. The number of urea groups is 1. The fourth-order valence-corrected chi connectivity index (χ4v) is 3.42. The molecule has 1 aromatic rings. The van der Waals surface area contributed by atoms with Crippen LogP contribution in [0.1, 0.15) is 31.7 Å². The zero-order valence-corrected chi connectivity index (χ0v) is 13.7. The number of ether oxygens (including phenoxy) is 1. The van der Waals surface area contributed by atoms with Crippen LogP contribution >= 0.6 is 27.3 Å². The molecule has 2 heterocycles. The summed E-state index contributed by atoms with van der Waals surface area (Å²) in [6.07, 6.45) is -0.212. The van der Waals surface area contributed by atoms with E-state index in [-0.39, 0.29) is 12.1 Å². The molecule has 1 atom stereocenters. The normalized spacial score (nSPS) is 18.9. The van der Waals surface area contributed by atoms with Crippen LogP contribution in [0.4, 0.5) is 4.79 Å². The van der Waals surface area contributed by atoms with E-state index in [1.807, 2.05) is 12.1 Å². The maximum atomic E-state index is 12.2. The Kier molecular flexibility index (Phi) is 4.49. The molecule has 1 aromatic heterocycles. The Labute approximate surface area is 129 Å². The Balaban J connectivity index is 2.39. The van der Waals surface area contributed by atoms with Gasteiger partial charge in [-0.25, -0.2) is 9.59 Å². The number of allylic oxidation sites excluding steroid dienone is 1. The molecule has 0 aliphatic carbocycles. The Hall–Kier alpha value is -1.34. The molecule has 20 heavy (non-hydrogen) atoms. The molecule has 0 spiro atoms. The van der Waals surface area contributed by atoms with Crippen molar-refractivity contribution in [2.45, 2.75) is 32.9 Å². The van der Waals surface area contributed by atoms with Crippen LogP contribution in [-0.2, 0) is 9.53 Å². The number of thiophene rings is 1. The molecule has 7 heteroatoms. The van der Waals surface area contributed by atoms with Crippen molar-refractivity contribution in [1.82, 2.24) is 10.6 Å². The number of nitrogens with one attached hydrogen (secondary N) is 2. The number of rotatable bonds is 3. The van der Waals surface area contributed by atoms with Crippen molar-refractivity contribution in [3.05, 3.63) is 32.1 Å². The third kappa shape index (κ3) is 3.21. The van der Waals surface area contributed by atoms with Crippen molar-refractivity contribution < 1.29 is 14.3 Å². The van der Waals surface area contributed by atoms with Gasteiger partial charge in [0.1, 0.15) is 0 Å². The van der Waals surface area contributed by atoms with Crippen LogP contribution in [0.5, 0.6) is 0 Å². The summed E-state index contributed by atoms with van der Waals surface area (Å²) in [5.74, 6) is -0.417. The van der Waals surface area contributed by atoms with E-state index in [4.69, 9.17) is 4.74 Å². The molecule has 1 aliphatic heterocycles. The predicted octanol–water partition coefficient (Wildman–Crippen LogP) is 3.09. The van der Waals surface area contributed by atoms with Crippen molar-refractivity contribution in [2.75, 3.05) is 0 Å². The van der Waals surface area contributed by atoms with E-state index in [1.165, 1.54) is 11.3 Å². The van der Waals surface area contributed by atoms with Gasteiger partial charge in [-0.3, -0.25) is 0 Å². The predicted molar refractivity (Wildman–Crippen MR) is 80.4 cm³/mol. The quantitative estimate of drug-likeness (QED) is 0.815. The van der Waals surface area contributed by atoms with Gasteiger partial charge in [-0.1, -0.05) is 0 Å². The van der Waals surface area contributed by atoms with Crippen LogP contribution in [0.3, 0.4) is 0 Å². The van der Waals surface area contributed by atoms with E-state index < -0.39 is 12.0 Å². The molecule has 0 saturated carbocycles. The average molecular weight is 359 g/mol. The molecule has 2 amide bonds. The summed E-state index contributed by atoms with van der Waals surface area (Å²) in [5, 5.41) is 5.37. The van der Waals surface area contributed by atoms with Crippen molar-refractivity contribution in [3.8, 4) is 0 Å². The maximum Gasteiger partial charge on any atom is 0.338 e. The first-order valence-electron chi connectivity index (χ1n) is 6.13. The van der Waals surface area contributed by atoms with E-state index in [0.29, 0.717) is 11.3 Å². The summed E-state index contributed by atoms with van der Waals surface area (Å²) in [6, 6.07) is 2.96. The van der Waals surface area contributed by atoms with Crippen LogP contribution in [0, 0.1) is 0 Å². The monoisotopic (exact) mass is 358 g/mol. The van der Waals surface area contributed by atoms with Gasteiger partial charge in [-0.05, 0) is 48.8 Å². The summed E-state index contributed by atoms with van der Waals surface area (Å²) in [6.45, 7) is 5.28. The molecule has 5 nitrogen and oxygen atoms in total. The smallest absolute Gasteiger partial charge is 0.338 e. The first-order valence-corrected chi connectivity index (χ1v) is 7.74. The second-order valence-electron chi connectivity index (χ2n) is 4.67. The highest BCUT2D eigenvalue weighted by atomic mass is 79.9. The number of carbonyl (C=O) groups excluding carboxylic acids is 2. The van der Waals surface area contributed by atoms with E-state index in [2.05, 4.69) is 26.6 Å². The zero-order chi connectivity index (χ0) is 14.9. The molecule has 0 unspecified atom stereocenters. The number of esters is 1. The first-order chi connectivity index (χ1) is 9.38. The fourth-order valence-electron chi connectivity index (χ4n) is 1.94. The average Bonchev–Trinajstić information content (AvgIpc) is 2.73. The molecular weight excluding hydrogens is 344 g/mol. The van der Waals surface area contributed by atoms with Gasteiger partial charge < -0.3 is 15.4 Å². The van der Waals surface area contributed by atoms with Gasteiger partial charge in [0.25, 0.3) is 0 Å². The summed E-state index contributed by atoms with van der Waals surface area (Å²) in [5.41, 5.74) is 0.960. The largest absolute Gasteiger partial charge is 0.459 e. The van der Waals surface area contributed by atoms with Crippen molar-refractivity contribution in [3.63, 3.8) is 0 Å². The molecule has 108 valence electrons. The third-order valence-electron chi connectivity index (χ3n) is 2.71. The second-order valence-corrected chi connectivity index (χ2v) is 7.16. The minimum absolute atomic E-state index is 0.212.